The number of benzene rings is 3. The second-order valence-corrected chi connectivity index (χ2v) is 7.56. The molecule has 2 heterocycles. The number of methoxy groups -OCH3 is 1. The van der Waals surface area contributed by atoms with Crippen molar-refractivity contribution >= 4 is 17.5 Å². The van der Waals surface area contributed by atoms with Crippen LogP contribution in [0.4, 0.5) is 0 Å². The fourth-order valence-electron chi connectivity index (χ4n) is 4.78. The minimum Gasteiger partial charge on any atom is -0.507 e. The van der Waals surface area contributed by atoms with Gasteiger partial charge in [-0.25, -0.2) is 4.79 Å². The number of ether oxygens (including phenoxy) is 3. The van der Waals surface area contributed by atoms with Crippen molar-refractivity contribution in [2.45, 2.75) is 12.4 Å². The monoisotopic (exact) mass is 414 g/mol. The second kappa shape index (κ2) is 5.80. The van der Waals surface area contributed by atoms with E-state index in [9.17, 15) is 19.5 Å². The molecule has 7 heteroatoms. The zero-order valence-electron chi connectivity index (χ0n) is 16.2. The third kappa shape index (κ3) is 2.03. The molecule has 0 fully saturated rings. The number of hydrogen-bond acceptors (Lipinski definition) is 7. The number of phenols is 1. The maximum atomic E-state index is 13.6. The van der Waals surface area contributed by atoms with Gasteiger partial charge >= 0.3 is 5.97 Å². The Labute approximate surface area is 175 Å². The predicted molar refractivity (Wildman–Crippen MR) is 105 cm³/mol. The van der Waals surface area contributed by atoms with Crippen molar-refractivity contribution in [3.05, 3.63) is 93.0 Å². The van der Waals surface area contributed by atoms with Gasteiger partial charge in [0.1, 0.15) is 17.1 Å². The number of aromatic hydroxyl groups is 1. The first kappa shape index (κ1) is 17.9. The Kier molecular flexibility index (Phi) is 3.34. The fourth-order valence-corrected chi connectivity index (χ4v) is 4.78. The quantitative estimate of drug-likeness (QED) is 0.478. The van der Waals surface area contributed by atoms with Crippen LogP contribution in [0, 0.1) is 0 Å². The van der Waals surface area contributed by atoms with Crippen LogP contribution in [0.3, 0.4) is 0 Å². The number of fused-ring (bicyclic) bond motifs is 7. The molecule has 2 aliphatic heterocycles. The molecule has 1 spiro atoms. The maximum Gasteiger partial charge on any atom is 0.345 e. The van der Waals surface area contributed by atoms with Crippen molar-refractivity contribution in [2.24, 2.45) is 0 Å². The van der Waals surface area contributed by atoms with Crippen LogP contribution in [-0.2, 0) is 21.9 Å². The maximum absolute atomic E-state index is 13.6. The first-order valence-electron chi connectivity index (χ1n) is 9.60. The largest absolute Gasteiger partial charge is 0.507 e. The summed E-state index contributed by atoms with van der Waals surface area (Å²) in [4.78, 5) is 39.6. The number of carbonyl (C=O) groups is 3. The molecule has 0 unspecified atom stereocenters. The van der Waals surface area contributed by atoms with E-state index in [4.69, 9.17) is 14.2 Å². The van der Waals surface area contributed by atoms with Gasteiger partial charge in [0.05, 0.1) is 24.8 Å². The van der Waals surface area contributed by atoms with Crippen LogP contribution in [0.15, 0.2) is 48.5 Å². The highest BCUT2D eigenvalue weighted by Crippen LogP contribution is 2.55. The van der Waals surface area contributed by atoms with Gasteiger partial charge in [0.2, 0.25) is 0 Å². The Morgan fingerprint density at radius 1 is 0.903 bits per heavy atom. The summed E-state index contributed by atoms with van der Waals surface area (Å²) in [5, 5.41) is 10.7. The Bertz CT molecular complexity index is 1370. The molecular weight excluding hydrogens is 400 g/mol. The van der Waals surface area contributed by atoms with E-state index >= 15 is 0 Å². The van der Waals surface area contributed by atoms with E-state index < -0.39 is 29.1 Å². The Morgan fingerprint density at radius 2 is 1.65 bits per heavy atom. The zero-order chi connectivity index (χ0) is 21.5. The molecule has 0 aromatic heterocycles. The van der Waals surface area contributed by atoms with E-state index in [1.165, 1.54) is 7.11 Å². The molecule has 6 rings (SSSR count). The molecular formula is C24H14O7. The zero-order valence-corrected chi connectivity index (χ0v) is 16.2. The number of rotatable bonds is 1. The van der Waals surface area contributed by atoms with Crippen molar-refractivity contribution < 1.29 is 33.7 Å². The van der Waals surface area contributed by atoms with Crippen molar-refractivity contribution in [1.82, 2.24) is 0 Å². The van der Waals surface area contributed by atoms with Crippen LogP contribution in [0.25, 0.3) is 0 Å². The summed E-state index contributed by atoms with van der Waals surface area (Å²) in [5.41, 5.74) is 1.49. The van der Waals surface area contributed by atoms with Crippen LogP contribution < -0.4 is 4.74 Å². The number of phenolic OH excluding ortho intramolecular Hbond substituents is 1. The van der Waals surface area contributed by atoms with Crippen LogP contribution in [0.5, 0.6) is 11.5 Å². The summed E-state index contributed by atoms with van der Waals surface area (Å²) in [6.07, 6.45) is 0. The lowest BCUT2D eigenvalue weighted by Crippen LogP contribution is -2.32. The summed E-state index contributed by atoms with van der Waals surface area (Å²) in [6.45, 7) is 0.0996. The molecule has 0 radical (unpaired) electrons. The van der Waals surface area contributed by atoms with Crippen molar-refractivity contribution in [3.8, 4) is 11.5 Å². The van der Waals surface area contributed by atoms with E-state index in [1.807, 2.05) is 0 Å². The third-order valence-corrected chi connectivity index (χ3v) is 6.06. The van der Waals surface area contributed by atoms with Gasteiger partial charge in [-0.15, -0.1) is 0 Å². The van der Waals surface area contributed by atoms with Gasteiger partial charge in [-0.2, -0.15) is 0 Å². The molecule has 1 N–H and O–H groups in total. The second-order valence-electron chi connectivity index (χ2n) is 7.56. The minimum atomic E-state index is -1.79. The van der Waals surface area contributed by atoms with Gasteiger partial charge in [0.25, 0.3) is 5.79 Å². The van der Waals surface area contributed by atoms with Crippen LogP contribution in [-0.4, -0.2) is 29.8 Å². The van der Waals surface area contributed by atoms with Crippen molar-refractivity contribution in [3.63, 3.8) is 0 Å². The third-order valence-electron chi connectivity index (χ3n) is 6.06. The highest BCUT2D eigenvalue weighted by atomic mass is 16.7. The van der Waals surface area contributed by atoms with E-state index in [-0.39, 0.29) is 40.0 Å². The SMILES string of the molecule is COc1cccc2c1[C@@]1(OC2)OC(=O)c2c(O)cc3c(c21)C(=O)c1ccccc1C3=O. The Morgan fingerprint density at radius 3 is 2.39 bits per heavy atom. The smallest absolute Gasteiger partial charge is 0.345 e. The number of hydrogen-bond donors (Lipinski definition) is 1. The lowest BCUT2D eigenvalue weighted by atomic mass is 9.77. The molecule has 0 saturated carbocycles. The predicted octanol–water partition coefficient (Wildman–Crippen LogP) is 3.08. The standard InChI is InChI=1S/C24H14O7/c1-29-16-8-4-5-11-10-30-24(19(11)16)20-17-14(9-15(25)18(20)23(28)31-24)21(26)12-6-2-3-7-13(12)22(17)27/h2-9,25H,10H2,1H3/t24-/m1/s1. The van der Waals surface area contributed by atoms with Crippen molar-refractivity contribution in [1.29, 1.82) is 0 Å². The number of esters is 1. The summed E-state index contributed by atoms with van der Waals surface area (Å²) in [7, 11) is 1.47. The summed E-state index contributed by atoms with van der Waals surface area (Å²) < 4.78 is 17.2. The fraction of sp³-hybridized carbons (Fsp3) is 0.125. The number of ketones is 2. The molecule has 1 aliphatic carbocycles. The topological polar surface area (TPSA) is 99.1 Å². The first-order valence-corrected chi connectivity index (χ1v) is 9.60. The van der Waals surface area contributed by atoms with Gasteiger partial charge < -0.3 is 19.3 Å². The highest BCUT2D eigenvalue weighted by molar-refractivity contribution is 6.30. The molecule has 0 bridgehead atoms. The van der Waals surface area contributed by atoms with E-state index in [0.29, 0.717) is 16.9 Å². The number of carbonyl (C=O) groups excluding carboxylic acids is 3. The summed E-state index contributed by atoms with van der Waals surface area (Å²) >= 11 is 0. The van der Waals surface area contributed by atoms with Gasteiger partial charge in [-0.05, 0) is 17.7 Å². The average Bonchev–Trinajstić information content (AvgIpc) is 3.30. The van der Waals surface area contributed by atoms with E-state index in [1.54, 1.807) is 42.5 Å². The molecule has 0 amide bonds. The van der Waals surface area contributed by atoms with Gasteiger partial charge in [-0.1, -0.05) is 36.4 Å². The lowest BCUT2D eigenvalue weighted by Gasteiger charge is -2.28. The molecule has 152 valence electrons. The lowest BCUT2D eigenvalue weighted by molar-refractivity contribution is -0.165. The van der Waals surface area contributed by atoms with Gasteiger partial charge in [0.15, 0.2) is 11.6 Å². The molecule has 1 atom stereocenters. The molecule has 31 heavy (non-hydrogen) atoms. The van der Waals surface area contributed by atoms with E-state index in [0.717, 1.165) is 6.07 Å². The van der Waals surface area contributed by atoms with Crippen molar-refractivity contribution in [2.75, 3.05) is 7.11 Å². The average molecular weight is 414 g/mol. The normalized spacial score (nSPS) is 20.2. The molecule has 3 aromatic rings. The van der Waals surface area contributed by atoms with E-state index in [2.05, 4.69) is 0 Å². The minimum absolute atomic E-state index is 0.00102. The molecule has 7 nitrogen and oxygen atoms in total. The Balaban J connectivity index is 1.74. The highest BCUT2D eigenvalue weighted by Gasteiger charge is 2.58. The van der Waals surface area contributed by atoms with Crippen LogP contribution in [0.2, 0.25) is 0 Å². The Hall–Kier alpha value is -3.97. The van der Waals surface area contributed by atoms with Crippen LogP contribution in [0.1, 0.15) is 58.9 Å². The van der Waals surface area contributed by atoms with Gasteiger partial charge in [-0.3, -0.25) is 9.59 Å². The van der Waals surface area contributed by atoms with Crippen LogP contribution >= 0.6 is 0 Å². The summed E-state index contributed by atoms with van der Waals surface area (Å²) in [5.74, 6) is -3.53. The summed E-state index contributed by atoms with van der Waals surface area (Å²) in [6, 6.07) is 12.9. The molecule has 0 saturated heterocycles. The first-order chi connectivity index (χ1) is 15.0. The molecule has 3 aliphatic rings. The van der Waals surface area contributed by atoms with Gasteiger partial charge in [0, 0.05) is 22.3 Å². The molecule has 3 aromatic carbocycles.